The zero-order valence-electron chi connectivity index (χ0n) is 14.6. The summed E-state index contributed by atoms with van der Waals surface area (Å²) < 4.78 is 86.0. The van der Waals surface area contributed by atoms with Crippen LogP contribution in [0.2, 0.25) is 0 Å². The first kappa shape index (κ1) is 22.6. The third-order valence-electron chi connectivity index (χ3n) is 3.28. The van der Waals surface area contributed by atoms with Crippen molar-refractivity contribution in [2.45, 2.75) is 39.0 Å². The summed E-state index contributed by atoms with van der Waals surface area (Å²) in [6.07, 6.45) is -5.90. The summed E-state index contributed by atoms with van der Waals surface area (Å²) >= 11 is 0. The standard InChI is InChI=1S/C16H18F6N2O3/c1-4-27-14(26)15(16(20,21)22,24-11(25)7-8(2)3)23-10-6-5-9(17)12(18)13(10)19/h5-6,8,23H,4,7H2,1-3H3,(H,24,25). The van der Waals surface area contributed by atoms with E-state index >= 15 is 0 Å². The summed E-state index contributed by atoms with van der Waals surface area (Å²) in [5.74, 6) is -9.22. The SMILES string of the molecule is CCOC(=O)C(NC(=O)CC(C)C)(Nc1ccc(F)c(F)c1F)C(F)(F)F. The van der Waals surface area contributed by atoms with Crippen LogP contribution in [0, 0.1) is 23.4 Å². The molecule has 1 atom stereocenters. The lowest BCUT2D eigenvalue weighted by Crippen LogP contribution is -2.69. The molecule has 0 spiro atoms. The highest BCUT2D eigenvalue weighted by Gasteiger charge is 2.63. The molecule has 0 aliphatic carbocycles. The second-order valence-electron chi connectivity index (χ2n) is 5.96. The molecule has 0 aromatic heterocycles. The highest BCUT2D eigenvalue weighted by atomic mass is 19.4. The van der Waals surface area contributed by atoms with Crippen LogP contribution < -0.4 is 10.6 Å². The number of anilines is 1. The lowest BCUT2D eigenvalue weighted by atomic mass is 10.1. The van der Waals surface area contributed by atoms with E-state index in [0.717, 1.165) is 0 Å². The third-order valence-corrected chi connectivity index (χ3v) is 3.28. The molecule has 0 bridgehead atoms. The van der Waals surface area contributed by atoms with Gasteiger partial charge in [0.25, 0.3) is 0 Å². The summed E-state index contributed by atoms with van der Waals surface area (Å²) in [6.45, 7) is 3.81. The van der Waals surface area contributed by atoms with Gasteiger partial charge in [0.15, 0.2) is 17.5 Å². The number of nitrogens with one attached hydrogen (secondary N) is 2. The Morgan fingerprint density at radius 2 is 1.70 bits per heavy atom. The Bertz CT molecular complexity index is 708. The zero-order chi connectivity index (χ0) is 21.0. The molecule has 0 aliphatic heterocycles. The molecular weight excluding hydrogens is 382 g/mol. The number of ether oxygens (including phenoxy) is 1. The fraction of sp³-hybridized carbons (Fsp3) is 0.500. The van der Waals surface area contributed by atoms with Gasteiger partial charge in [0.2, 0.25) is 5.91 Å². The normalized spacial score (nSPS) is 13.9. The number of esters is 1. The predicted molar refractivity (Wildman–Crippen MR) is 83.0 cm³/mol. The van der Waals surface area contributed by atoms with E-state index in [-0.39, 0.29) is 12.3 Å². The van der Waals surface area contributed by atoms with Gasteiger partial charge in [0.05, 0.1) is 12.3 Å². The van der Waals surface area contributed by atoms with Crippen LogP contribution >= 0.6 is 0 Å². The Labute approximate surface area is 151 Å². The van der Waals surface area contributed by atoms with E-state index in [1.54, 1.807) is 13.8 Å². The minimum absolute atomic E-state index is 0.363. The first-order valence-corrected chi connectivity index (χ1v) is 7.82. The first-order valence-electron chi connectivity index (χ1n) is 7.82. The average molecular weight is 400 g/mol. The molecule has 0 radical (unpaired) electrons. The van der Waals surface area contributed by atoms with E-state index in [1.807, 2.05) is 0 Å². The average Bonchev–Trinajstić information content (AvgIpc) is 2.52. The van der Waals surface area contributed by atoms with Crippen LogP contribution in [-0.4, -0.2) is 30.3 Å². The molecule has 0 saturated heterocycles. The molecule has 1 unspecified atom stereocenters. The number of amides is 1. The maximum atomic E-state index is 13.9. The van der Waals surface area contributed by atoms with Gasteiger partial charge in [-0.2, -0.15) is 13.2 Å². The molecule has 1 amide bonds. The van der Waals surface area contributed by atoms with Gasteiger partial charge < -0.3 is 15.4 Å². The van der Waals surface area contributed by atoms with Crippen LogP contribution in [0.4, 0.5) is 32.0 Å². The number of hydrogen-bond acceptors (Lipinski definition) is 4. The van der Waals surface area contributed by atoms with E-state index in [1.165, 1.54) is 17.6 Å². The van der Waals surface area contributed by atoms with Gasteiger partial charge in [-0.1, -0.05) is 13.8 Å². The molecule has 1 rings (SSSR count). The van der Waals surface area contributed by atoms with Crippen LogP contribution in [0.3, 0.4) is 0 Å². The molecule has 27 heavy (non-hydrogen) atoms. The van der Waals surface area contributed by atoms with E-state index in [2.05, 4.69) is 4.74 Å². The van der Waals surface area contributed by atoms with Gasteiger partial charge in [-0.3, -0.25) is 4.79 Å². The Balaban J connectivity index is 3.48. The fourth-order valence-corrected chi connectivity index (χ4v) is 2.09. The molecule has 152 valence electrons. The second-order valence-corrected chi connectivity index (χ2v) is 5.96. The lowest BCUT2D eigenvalue weighted by Gasteiger charge is -2.35. The van der Waals surface area contributed by atoms with Crippen molar-refractivity contribution < 1.29 is 40.7 Å². The van der Waals surface area contributed by atoms with Gasteiger partial charge in [-0.25, -0.2) is 18.0 Å². The van der Waals surface area contributed by atoms with Crippen molar-refractivity contribution in [3.8, 4) is 0 Å². The summed E-state index contributed by atoms with van der Waals surface area (Å²) in [4.78, 5) is 24.0. The molecule has 1 aromatic rings. The monoisotopic (exact) mass is 400 g/mol. The van der Waals surface area contributed by atoms with E-state index < -0.39 is 53.5 Å². The van der Waals surface area contributed by atoms with Gasteiger partial charge in [-0.05, 0) is 25.0 Å². The molecule has 5 nitrogen and oxygen atoms in total. The molecule has 11 heteroatoms. The van der Waals surface area contributed by atoms with Crippen LogP contribution in [0.25, 0.3) is 0 Å². The van der Waals surface area contributed by atoms with Crippen molar-refractivity contribution in [3.05, 3.63) is 29.6 Å². The lowest BCUT2D eigenvalue weighted by molar-refractivity contribution is -0.208. The molecule has 0 saturated carbocycles. The van der Waals surface area contributed by atoms with Crippen LogP contribution in [0.15, 0.2) is 12.1 Å². The number of halogens is 6. The topological polar surface area (TPSA) is 67.4 Å². The summed E-state index contributed by atoms with van der Waals surface area (Å²) in [7, 11) is 0. The highest BCUT2D eigenvalue weighted by molar-refractivity contribution is 5.91. The number of alkyl halides is 3. The van der Waals surface area contributed by atoms with Crippen molar-refractivity contribution >= 4 is 17.6 Å². The number of benzene rings is 1. The van der Waals surface area contributed by atoms with Gasteiger partial charge in [-0.15, -0.1) is 0 Å². The Morgan fingerprint density at radius 1 is 1.11 bits per heavy atom. The first-order chi connectivity index (χ1) is 12.4. The molecular formula is C16H18F6N2O3. The second kappa shape index (κ2) is 8.49. The zero-order valence-corrected chi connectivity index (χ0v) is 14.6. The third kappa shape index (κ3) is 5.04. The van der Waals surface area contributed by atoms with Crippen molar-refractivity contribution in [1.82, 2.24) is 5.32 Å². The van der Waals surface area contributed by atoms with Crippen molar-refractivity contribution in [3.63, 3.8) is 0 Å². The van der Waals surface area contributed by atoms with Crippen LogP contribution in [-0.2, 0) is 14.3 Å². The van der Waals surface area contributed by atoms with Gasteiger partial charge >= 0.3 is 17.8 Å². The number of carbonyl (C=O) groups is 2. The summed E-state index contributed by atoms with van der Waals surface area (Å²) in [6, 6.07) is 0.824. The largest absolute Gasteiger partial charge is 0.463 e. The highest BCUT2D eigenvalue weighted by Crippen LogP contribution is 2.34. The Morgan fingerprint density at radius 3 is 2.19 bits per heavy atom. The van der Waals surface area contributed by atoms with E-state index in [0.29, 0.717) is 12.1 Å². The molecule has 0 aliphatic rings. The maximum Gasteiger partial charge on any atom is 0.441 e. The van der Waals surface area contributed by atoms with E-state index in [4.69, 9.17) is 0 Å². The minimum atomic E-state index is -5.51. The van der Waals surface area contributed by atoms with Crippen LogP contribution in [0.1, 0.15) is 27.2 Å². The fourth-order valence-electron chi connectivity index (χ4n) is 2.09. The predicted octanol–water partition coefficient (Wildman–Crippen LogP) is 3.50. The smallest absolute Gasteiger partial charge is 0.441 e. The Hall–Kier alpha value is -2.46. The molecule has 0 fully saturated rings. The quantitative estimate of drug-likeness (QED) is 0.318. The van der Waals surface area contributed by atoms with Gasteiger partial charge in [0.1, 0.15) is 0 Å². The van der Waals surface area contributed by atoms with Gasteiger partial charge in [0, 0.05) is 6.42 Å². The van der Waals surface area contributed by atoms with Crippen LogP contribution in [0.5, 0.6) is 0 Å². The van der Waals surface area contributed by atoms with E-state index in [9.17, 15) is 35.9 Å². The van der Waals surface area contributed by atoms with Crippen molar-refractivity contribution in [1.29, 1.82) is 0 Å². The summed E-state index contributed by atoms with van der Waals surface area (Å²) in [5.41, 5.74) is -5.09. The van der Waals surface area contributed by atoms with Crippen molar-refractivity contribution in [2.75, 3.05) is 11.9 Å². The Kier molecular flexibility index (Phi) is 7.10. The summed E-state index contributed by atoms with van der Waals surface area (Å²) in [5, 5.41) is 2.91. The molecule has 2 N–H and O–H groups in total. The van der Waals surface area contributed by atoms with Crippen molar-refractivity contribution in [2.24, 2.45) is 5.92 Å². The number of rotatable bonds is 7. The minimum Gasteiger partial charge on any atom is -0.463 e. The molecule has 0 heterocycles. The maximum absolute atomic E-state index is 13.9. The number of carbonyl (C=O) groups excluding carboxylic acids is 2. The number of hydrogen-bond donors (Lipinski definition) is 2. The molecule has 1 aromatic carbocycles.